The summed E-state index contributed by atoms with van der Waals surface area (Å²) in [5.74, 6) is 2.32. The predicted molar refractivity (Wildman–Crippen MR) is 135 cm³/mol. The van der Waals surface area contributed by atoms with Gasteiger partial charge in [-0.1, -0.05) is 42.5 Å². The number of aromatic nitrogens is 4. The Balaban J connectivity index is 1.13. The monoisotopic (exact) mass is 464 g/mol. The molecule has 1 aliphatic rings. The molecule has 1 saturated heterocycles. The lowest BCUT2D eigenvalue weighted by Crippen LogP contribution is -2.23. The fraction of sp³-hybridized carbons (Fsp3) is 0.222. The number of anilines is 2. The SMILES string of the molecule is Cc1nc(N2CC[C@H](CC(=O)Nc3cnc(-c4ccccc4)nc3)C2)c2oc3ccccc3c2n1. The van der Waals surface area contributed by atoms with E-state index in [9.17, 15) is 4.79 Å². The molecule has 2 aromatic carbocycles. The second kappa shape index (κ2) is 8.79. The van der Waals surface area contributed by atoms with Gasteiger partial charge in [-0.05, 0) is 31.4 Å². The third-order valence-corrected chi connectivity index (χ3v) is 6.34. The van der Waals surface area contributed by atoms with Crippen molar-refractivity contribution in [1.29, 1.82) is 0 Å². The molecule has 0 saturated carbocycles. The van der Waals surface area contributed by atoms with Crippen LogP contribution in [-0.2, 0) is 4.79 Å². The van der Waals surface area contributed by atoms with Gasteiger partial charge in [0.2, 0.25) is 5.91 Å². The Morgan fingerprint density at radius 3 is 2.66 bits per heavy atom. The van der Waals surface area contributed by atoms with Crippen LogP contribution < -0.4 is 10.2 Å². The number of hydrogen-bond acceptors (Lipinski definition) is 7. The van der Waals surface area contributed by atoms with Crippen LogP contribution in [0.5, 0.6) is 0 Å². The first kappa shape index (κ1) is 21.2. The Morgan fingerprint density at radius 1 is 1.06 bits per heavy atom. The molecule has 0 spiro atoms. The average molecular weight is 465 g/mol. The van der Waals surface area contributed by atoms with Gasteiger partial charge < -0.3 is 14.6 Å². The molecule has 0 unspecified atom stereocenters. The third-order valence-electron chi connectivity index (χ3n) is 6.34. The molecule has 4 heterocycles. The fourth-order valence-electron chi connectivity index (χ4n) is 4.69. The van der Waals surface area contributed by atoms with Gasteiger partial charge in [-0.25, -0.2) is 19.9 Å². The van der Waals surface area contributed by atoms with E-state index in [2.05, 4.69) is 25.2 Å². The van der Waals surface area contributed by atoms with Crippen LogP contribution in [0, 0.1) is 12.8 Å². The van der Waals surface area contributed by atoms with Gasteiger partial charge in [0.25, 0.3) is 0 Å². The number of aryl methyl sites for hydroxylation is 1. The van der Waals surface area contributed by atoms with E-state index in [1.54, 1.807) is 12.4 Å². The molecule has 1 aliphatic heterocycles. The topological polar surface area (TPSA) is 97.0 Å². The number of para-hydroxylation sites is 1. The van der Waals surface area contributed by atoms with E-state index < -0.39 is 0 Å². The Kier molecular flexibility index (Phi) is 5.33. The Labute approximate surface area is 202 Å². The predicted octanol–water partition coefficient (Wildman–Crippen LogP) is 5.00. The summed E-state index contributed by atoms with van der Waals surface area (Å²) in [6, 6.07) is 17.7. The van der Waals surface area contributed by atoms with Crippen molar-refractivity contribution in [2.24, 2.45) is 5.92 Å². The van der Waals surface area contributed by atoms with E-state index in [0.717, 1.165) is 47.4 Å². The molecule has 3 aromatic heterocycles. The van der Waals surface area contributed by atoms with Crippen molar-refractivity contribution in [2.75, 3.05) is 23.3 Å². The van der Waals surface area contributed by atoms with Gasteiger partial charge in [0.1, 0.15) is 16.9 Å². The fourth-order valence-corrected chi connectivity index (χ4v) is 4.69. The van der Waals surface area contributed by atoms with Gasteiger partial charge >= 0.3 is 0 Å². The van der Waals surface area contributed by atoms with E-state index >= 15 is 0 Å². The molecule has 6 rings (SSSR count). The standard InChI is InChI=1S/C27H24N6O2/c1-17-30-24-21-9-5-6-10-22(21)35-25(24)27(31-17)33-12-11-18(16-33)13-23(34)32-20-14-28-26(29-15-20)19-7-3-2-4-8-19/h2-10,14-15,18H,11-13,16H2,1H3,(H,32,34)/t18-/m1/s1. The summed E-state index contributed by atoms with van der Waals surface area (Å²) in [4.78, 5) is 33.0. The van der Waals surface area contributed by atoms with Crippen LogP contribution in [0.4, 0.5) is 11.5 Å². The molecule has 1 amide bonds. The van der Waals surface area contributed by atoms with Crippen molar-refractivity contribution >= 4 is 39.5 Å². The van der Waals surface area contributed by atoms with Gasteiger partial charge in [0, 0.05) is 30.5 Å². The molecule has 8 heteroatoms. The molecule has 0 aliphatic carbocycles. The zero-order valence-corrected chi connectivity index (χ0v) is 19.3. The minimum Gasteiger partial charge on any atom is -0.450 e. The first-order valence-electron chi connectivity index (χ1n) is 11.7. The number of nitrogens with zero attached hydrogens (tertiary/aromatic N) is 5. The van der Waals surface area contributed by atoms with Crippen LogP contribution in [-0.4, -0.2) is 38.9 Å². The molecule has 174 valence electrons. The molecular weight excluding hydrogens is 440 g/mol. The number of furan rings is 1. The molecule has 8 nitrogen and oxygen atoms in total. The Hall–Kier alpha value is -4.33. The van der Waals surface area contributed by atoms with Crippen molar-refractivity contribution < 1.29 is 9.21 Å². The number of fused-ring (bicyclic) bond motifs is 3. The summed E-state index contributed by atoms with van der Waals surface area (Å²) in [6.45, 7) is 3.45. The second-order valence-electron chi connectivity index (χ2n) is 8.88. The quantitative estimate of drug-likeness (QED) is 0.391. The number of hydrogen-bond donors (Lipinski definition) is 1. The summed E-state index contributed by atoms with van der Waals surface area (Å²) in [6.07, 6.45) is 4.62. The summed E-state index contributed by atoms with van der Waals surface area (Å²) >= 11 is 0. The van der Waals surface area contributed by atoms with Gasteiger partial charge in [-0.3, -0.25) is 4.79 Å². The molecule has 0 radical (unpaired) electrons. The van der Waals surface area contributed by atoms with E-state index in [4.69, 9.17) is 9.40 Å². The molecule has 1 atom stereocenters. The average Bonchev–Trinajstić information content (AvgIpc) is 3.49. The normalized spacial score (nSPS) is 15.7. The largest absolute Gasteiger partial charge is 0.450 e. The van der Waals surface area contributed by atoms with Crippen LogP contribution in [0.25, 0.3) is 33.5 Å². The zero-order valence-electron chi connectivity index (χ0n) is 19.3. The van der Waals surface area contributed by atoms with E-state index in [1.807, 2.05) is 61.5 Å². The maximum Gasteiger partial charge on any atom is 0.224 e. The van der Waals surface area contributed by atoms with Crippen LogP contribution in [0.2, 0.25) is 0 Å². The van der Waals surface area contributed by atoms with Crippen LogP contribution in [0.15, 0.2) is 71.4 Å². The van der Waals surface area contributed by atoms with Gasteiger partial charge in [0.15, 0.2) is 17.2 Å². The number of carbonyl (C=O) groups is 1. The van der Waals surface area contributed by atoms with Gasteiger partial charge in [-0.15, -0.1) is 0 Å². The van der Waals surface area contributed by atoms with Crippen LogP contribution in [0.1, 0.15) is 18.7 Å². The Bertz CT molecular complexity index is 1510. The van der Waals surface area contributed by atoms with Crippen molar-refractivity contribution in [2.45, 2.75) is 19.8 Å². The number of amides is 1. The van der Waals surface area contributed by atoms with Gasteiger partial charge in [0.05, 0.1) is 18.1 Å². The molecule has 0 bridgehead atoms. The number of carbonyl (C=O) groups excluding carboxylic acids is 1. The van der Waals surface area contributed by atoms with E-state index in [0.29, 0.717) is 29.3 Å². The number of rotatable bonds is 5. The van der Waals surface area contributed by atoms with E-state index in [-0.39, 0.29) is 11.8 Å². The highest BCUT2D eigenvalue weighted by Crippen LogP contribution is 2.35. The first-order chi connectivity index (χ1) is 17.1. The highest BCUT2D eigenvalue weighted by molar-refractivity contribution is 6.05. The third kappa shape index (κ3) is 4.19. The number of nitrogens with one attached hydrogen (secondary N) is 1. The molecule has 1 N–H and O–H groups in total. The highest BCUT2D eigenvalue weighted by Gasteiger charge is 2.28. The van der Waals surface area contributed by atoms with Crippen molar-refractivity contribution in [3.05, 3.63) is 72.8 Å². The summed E-state index contributed by atoms with van der Waals surface area (Å²) < 4.78 is 6.13. The summed E-state index contributed by atoms with van der Waals surface area (Å²) in [5, 5.41) is 3.92. The lowest BCUT2D eigenvalue weighted by Gasteiger charge is -2.18. The van der Waals surface area contributed by atoms with Crippen LogP contribution >= 0.6 is 0 Å². The Morgan fingerprint density at radius 2 is 1.83 bits per heavy atom. The highest BCUT2D eigenvalue weighted by atomic mass is 16.3. The van der Waals surface area contributed by atoms with Gasteiger partial charge in [-0.2, -0.15) is 0 Å². The number of benzene rings is 2. The summed E-state index contributed by atoms with van der Waals surface area (Å²) in [7, 11) is 0. The smallest absolute Gasteiger partial charge is 0.224 e. The first-order valence-corrected chi connectivity index (χ1v) is 11.7. The van der Waals surface area contributed by atoms with Crippen molar-refractivity contribution in [3.8, 4) is 11.4 Å². The zero-order chi connectivity index (χ0) is 23.8. The minimum absolute atomic E-state index is 0.0411. The lowest BCUT2D eigenvalue weighted by molar-refractivity contribution is -0.116. The van der Waals surface area contributed by atoms with Crippen LogP contribution in [0.3, 0.4) is 0 Å². The maximum absolute atomic E-state index is 12.7. The summed E-state index contributed by atoms with van der Waals surface area (Å²) in [5.41, 5.74) is 3.88. The molecule has 5 aromatic rings. The van der Waals surface area contributed by atoms with E-state index in [1.165, 1.54) is 0 Å². The molecular formula is C27H24N6O2. The van der Waals surface area contributed by atoms with Crippen molar-refractivity contribution in [1.82, 2.24) is 19.9 Å². The maximum atomic E-state index is 12.7. The van der Waals surface area contributed by atoms with Crippen molar-refractivity contribution in [3.63, 3.8) is 0 Å². The minimum atomic E-state index is -0.0411. The second-order valence-corrected chi connectivity index (χ2v) is 8.88. The lowest BCUT2D eigenvalue weighted by atomic mass is 10.0. The molecule has 1 fully saturated rings. The molecule has 35 heavy (non-hydrogen) atoms.